The van der Waals surface area contributed by atoms with Gasteiger partial charge < -0.3 is 59.0 Å². The first kappa shape index (κ1) is 58.1. The smallest absolute Gasteiger partial charge is 0.407 e. The number of H-pyrrole nitrogens is 1. The molecule has 5 N–H and O–H groups in total. The molecular weight excluding hydrogens is 856 g/mol. The monoisotopic (exact) mass is 923 g/mol. The topological polar surface area (TPSA) is 199 Å². The number of aliphatic hydroxyl groups is 1. The molecule has 3 rings (SSSR count). The molecule has 0 spiro atoms. The molecule has 0 saturated heterocycles. The van der Waals surface area contributed by atoms with Gasteiger partial charge in [0.05, 0.1) is 97.6 Å². The highest BCUT2D eigenvalue weighted by molar-refractivity contribution is 6.15. The Morgan fingerprint density at radius 3 is 1.85 bits per heavy atom. The fourth-order valence-electron chi connectivity index (χ4n) is 5.39. The second-order valence-corrected chi connectivity index (χ2v) is 14.7. The normalized spacial score (nSPS) is 11.1. The van der Waals surface area contributed by atoms with Gasteiger partial charge in [-0.2, -0.15) is 0 Å². The number of nitrogens with two attached hydrogens (primary N) is 1. The number of aryl methyl sites for hydroxylation is 1. The highest BCUT2D eigenvalue weighted by Gasteiger charge is 2.28. The van der Waals surface area contributed by atoms with Gasteiger partial charge in [-0.05, 0) is 76.8 Å². The summed E-state index contributed by atoms with van der Waals surface area (Å²) >= 11 is 0. The second-order valence-electron chi connectivity index (χ2n) is 14.7. The van der Waals surface area contributed by atoms with E-state index in [1.165, 1.54) is 26.3 Å². The summed E-state index contributed by atoms with van der Waals surface area (Å²) in [6.07, 6.45) is 5.17. The first-order valence-electron chi connectivity index (χ1n) is 21.2. The lowest BCUT2D eigenvalue weighted by Gasteiger charge is -2.19. The molecule has 15 nitrogen and oxygen atoms in total. The highest BCUT2D eigenvalue weighted by Crippen LogP contribution is 2.35. The highest BCUT2D eigenvalue weighted by atomic mass is 19.1. The van der Waals surface area contributed by atoms with E-state index in [1.807, 2.05) is 12.1 Å². The molecule has 0 fully saturated rings. The molecule has 0 radical (unpaired) electrons. The number of rotatable bonds is 28. The number of aromatic amines is 1. The minimum atomic E-state index is -0.784. The Morgan fingerprint density at radius 1 is 0.800 bits per heavy atom. The number of ether oxygens (including phenoxy) is 8. The number of aromatic nitrogens is 1. The van der Waals surface area contributed by atoms with Crippen LogP contribution in [-0.2, 0) is 44.3 Å². The van der Waals surface area contributed by atoms with Crippen LogP contribution in [0, 0.1) is 18.6 Å². The number of esters is 1. The number of hydrogen-bond acceptors (Lipinski definition) is 13. The molecule has 0 aliphatic rings. The van der Waals surface area contributed by atoms with E-state index < -0.39 is 40.9 Å². The fourth-order valence-corrected chi connectivity index (χ4v) is 5.39. The zero-order valence-electron chi connectivity index (χ0n) is 38.6. The Kier molecular flexibility index (Phi) is 30.8. The van der Waals surface area contributed by atoms with Crippen molar-refractivity contribution in [2.24, 2.45) is 5.73 Å². The average Bonchev–Trinajstić information content (AvgIpc) is 3.70. The Bertz CT molecular complexity index is 1840. The molecule has 0 aliphatic carbocycles. The van der Waals surface area contributed by atoms with Crippen LogP contribution in [0.15, 0.2) is 67.2 Å². The van der Waals surface area contributed by atoms with Crippen molar-refractivity contribution in [1.29, 1.82) is 0 Å². The van der Waals surface area contributed by atoms with Crippen molar-refractivity contribution >= 4 is 17.8 Å². The van der Waals surface area contributed by atoms with E-state index in [2.05, 4.69) is 16.9 Å². The van der Waals surface area contributed by atoms with Gasteiger partial charge in [-0.15, -0.1) is 0 Å². The Morgan fingerprint density at radius 2 is 1.34 bits per heavy atom. The van der Waals surface area contributed by atoms with Crippen LogP contribution in [0.2, 0.25) is 0 Å². The van der Waals surface area contributed by atoms with Crippen LogP contribution in [0.4, 0.5) is 18.0 Å². The number of benzene rings is 2. The fraction of sp³-hybridized carbons (Fsp3) is 0.511. The number of methoxy groups -OCH3 is 1. The van der Waals surface area contributed by atoms with Gasteiger partial charge in [0.25, 0.3) is 0 Å². The van der Waals surface area contributed by atoms with Gasteiger partial charge in [0, 0.05) is 42.6 Å². The number of amides is 1. The Balaban J connectivity index is 0.00000112. The average molecular weight is 924 g/mol. The van der Waals surface area contributed by atoms with Crippen molar-refractivity contribution in [3.8, 4) is 11.1 Å². The number of nitrogens with one attached hydrogen (secondary N) is 2. The quantitative estimate of drug-likeness (QED) is 0.0256. The number of halogens is 3. The third-order valence-corrected chi connectivity index (χ3v) is 8.33. The first-order chi connectivity index (χ1) is 31.1. The van der Waals surface area contributed by atoms with Crippen LogP contribution < -0.4 is 11.1 Å². The molecule has 1 amide bonds. The molecule has 2 aromatic carbocycles. The van der Waals surface area contributed by atoms with E-state index in [0.29, 0.717) is 97.9 Å². The maximum Gasteiger partial charge on any atom is 0.407 e. The zero-order chi connectivity index (χ0) is 48.5. The van der Waals surface area contributed by atoms with Gasteiger partial charge in [0.15, 0.2) is 0 Å². The van der Waals surface area contributed by atoms with E-state index in [0.717, 1.165) is 30.5 Å². The second kappa shape index (κ2) is 34.4. The molecule has 65 heavy (non-hydrogen) atoms. The van der Waals surface area contributed by atoms with E-state index in [4.69, 9.17) is 48.7 Å². The van der Waals surface area contributed by atoms with Gasteiger partial charge in [-0.3, -0.25) is 4.79 Å². The molecule has 1 heterocycles. The molecule has 0 bridgehead atoms. The van der Waals surface area contributed by atoms with Gasteiger partial charge in [0.1, 0.15) is 23.1 Å². The summed E-state index contributed by atoms with van der Waals surface area (Å²) in [7, 11) is 1.17. The third kappa shape index (κ3) is 25.4. The molecule has 364 valence electrons. The standard InChI is InChI=1S/C36H46F2N2O9.C6H15NO3.C5H7F/c1-24-28(37)12-13-29(38)30(24)31-27(34(42)44-5)23-40-32(31)33(41)26-10-8-25(9-11-26)7-6-15-45-17-19-47-21-22-48-20-18-46-16-14-39-35(43)49-36(2,3)4;7-1-3-9-5-6-10-4-2-8;1-3-4-5(2)6/h8-13,23,40H,6-7,14-22H2,1-5H3,(H,39,43);8H,1-7H2;3-4H,2H2,1H3/b;;4-3-. The number of hydrogen-bond donors (Lipinski definition) is 4. The molecular formula is C47H68F3N3O12. The predicted octanol–water partition coefficient (Wildman–Crippen LogP) is 6.83. The summed E-state index contributed by atoms with van der Waals surface area (Å²) in [6.45, 7) is 18.0. The Hall–Kier alpha value is -4.92. The molecule has 1 aromatic heterocycles. The largest absolute Gasteiger partial charge is 0.465 e. The van der Waals surface area contributed by atoms with Crippen molar-refractivity contribution in [2.75, 3.05) is 106 Å². The van der Waals surface area contributed by atoms with Crippen molar-refractivity contribution in [3.05, 3.63) is 107 Å². The van der Waals surface area contributed by atoms with E-state index in [-0.39, 0.29) is 34.6 Å². The molecule has 0 saturated carbocycles. The van der Waals surface area contributed by atoms with Crippen molar-refractivity contribution < 1.29 is 70.6 Å². The number of carbonyl (C=O) groups excluding carboxylic acids is 3. The van der Waals surface area contributed by atoms with Gasteiger partial charge >= 0.3 is 12.1 Å². The molecule has 0 unspecified atom stereocenters. The van der Waals surface area contributed by atoms with Crippen LogP contribution in [0.3, 0.4) is 0 Å². The summed E-state index contributed by atoms with van der Waals surface area (Å²) in [4.78, 5) is 40.2. The Labute approximate surface area is 380 Å². The lowest BCUT2D eigenvalue weighted by atomic mass is 9.93. The maximum atomic E-state index is 14.9. The number of alkyl carbamates (subject to hydrolysis) is 1. The molecule has 18 heteroatoms. The number of ketones is 1. The zero-order valence-corrected chi connectivity index (χ0v) is 38.6. The predicted molar refractivity (Wildman–Crippen MR) is 241 cm³/mol. The minimum Gasteiger partial charge on any atom is -0.465 e. The minimum absolute atomic E-state index is 0.0292. The number of aliphatic hydroxyl groups excluding tert-OH is 1. The summed E-state index contributed by atoms with van der Waals surface area (Å²) < 4.78 is 82.6. The summed E-state index contributed by atoms with van der Waals surface area (Å²) in [5.74, 6) is -3.09. The van der Waals surface area contributed by atoms with Crippen LogP contribution in [0.5, 0.6) is 0 Å². The van der Waals surface area contributed by atoms with Crippen molar-refractivity contribution in [1.82, 2.24) is 10.3 Å². The summed E-state index contributed by atoms with van der Waals surface area (Å²) in [6, 6.07) is 8.90. The van der Waals surface area contributed by atoms with Crippen molar-refractivity contribution in [3.63, 3.8) is 0 Å². The SMILES string of the molecule is C=C(F)/C=C\C.COC(=O)c1c[nH]c(C(=O)c2ccc(CCCOCCOCCOCCOCCNC(=O)OC(C)(C)C)cc2)c1-c1c(F)ccc(F)c1C.NCCOCCOCCO. The number of carbonyl (C=O) groups is 3. The number of allylic oxidation sites excluding steroid dienone is 3. The van der Waals surface area contributed by atoms with Gasteiger partial charge in [-0.1, -0.05) is 36.9 Å². The summed E-state index contributed by atoms with van der Waals surface area (Å²) in [5.41, 5.74) is 5.57. The lowest BCUT2D eigenvalue weighted by Crippen LogP contribution is -2.34. The van der Waals surface area contributed by atoms with Crippen LogP contribution >= 0.6 is 0 Å². The van der Waals surface area contributed by atoms with Gasteiger partial charge in [-0.25, -0.2) is 22.8 Å². The van der Waals surface area contributed by atoms with E-state index in [1.54, 1.807) is 45.9 Å². The third-order valence-electron chi connectivity index (χ3n) is 8.33. The maximum absolute atomic E-state index is 14.9. The van der Waals surface area contributed by atoms with Crippen molar-refractivity contribution in [2.45, 2.75) is 53.1 Å². The lowest BCUT2D eigenvalue weighted by molar-refractivity contribution is -0.00198. The van der Waals surface area contributed by atoms with E-state index in [9.17, 15) is 27.6 Å². The van der Waals surface area contributed by atoms with Crippen LogP contribution in [0.1, 0.15) is 71.7 Å². The summed E-state index contributed by atoms with van der Waals surface area (Å²) in [5, 5.41) is 10.9. The van der Waals surface area contributed by atoms with E-state index >= 15 is 0 Å². The first-order valence-corrected chi connectivity index (χ1v) is 21.2. The van der Waals surface area contributed by atoms with Crippen LogP contribution in [0.25, 0.3) is 11.1 Å². The van der Waals surface area contributed by atoms with Crippen LogP contribution in [-0.4, -0.2) is 140 Å². The molecule has 0 atom stereocenters. The van der Waals surface area contributed by atoms with Gasteiger partial charge in [0.2, 0.25) is 5.78 Å². The molecule has 0 aliphatic heterocycles. The molecule has 3 aromatic rings.